The van der Waals surface area contributed by atoms with Crippen molar-refractivity contribution < 1.29 is 0 Å². The Balaban J connectivity index is 2.00. The molecule has 1 aromatic rings. The van der Waals surface area contributed by atoms with Crippen molar-refractivity contribution in [3.05, 3.63) is 34.3 Å². The molecule has 1 nitrogen and oxygen atoms in total. The van der Waals surface area contributed by atoms with Crippen LogP contribution in [0, 0.1) is 11.3 Å². The van der Waals surface area contributed by atoms with Crippen LogP contribution in [0.1, 0.15) is 44.1 Å². The minimum atomic E-state index is 0.551. The van der Waals surface area contributed by atoms with E-state index in [9.17, 15) is 0 Å². The molecule has 3 atom stereocenters. The molecule has 1 saturated carbocycles. The molecule has 18 heavy (non-hydrogen) atoms. The Labute approximate surface area is 118 Å². The molecule has 1 saturated heterocycles. The third-order valence-electron chi connectivity index (χ3n) is 5.35. The summed E-state index contributed by atoms with van der Waals surface area (Å²) >= 11 is 3.75. The normalized spacial score (nSPS) is 36.1. The van der Waals surface area contributed by atoms with E-state index in [0.29, 0.717) is 11.3 Å². The maximum atomic E-state index is 3.75. The molecule has 1 spiro atoms. The highest BCUT2D eigenvalue weighted by Gasteiger charge is 2.48. The summed E-state index contributed by atoms with van der Waals surface area (Å²) in [5, 5.41) is 3.61. The maximum Gasteiger partial charge on any atom is 0.0210 e. The fourth-order valence-corrected chi connectivity index (χ4v) is 4.84. The zero-order valence-electron chi connectivity index (χ0n) is 11.1. The molecule has 0 amide bonds. The minimum Gasteiger partial charge on any atom is -0.316 e. The van der Waals surface area contributed by atoms with E-state index >= 15 is 0 Å². The largest absolute Gasteiger partial charge is 0.316 e. The maximum absolute atomic E-state index is 3.75. The number of halogens is 1. The topological polar surface area (TPSA) is 12.0 Å². The molecule has 1 aliphatic heterocycles. The van der Waals surface area contributed by atoms with Gasteiger partial charge in [0.15, 0.2) is 0 Å². The van der Waals surface area contributed by atoms with Crippen molar-refractivity contribution in [2.75, 3.05) is 13.1 Å². The zero-order valence-corrected chi connectivity index (χ0v) is 12.7. The van der Waals surface area contributed by atoms with Gasteiger partial charge in [0.25, 0.3) is 0 Å². The Morgan fingerprint density at radius 1 is 1.28 bits per heavy atom. The number of nitrogens with one attached hydrogen (secondary N) is 1. The molecule has 2 fully saturated rings. The predicted octanol–water partition coefficient (Wildman–Crippen LogP) is 4.33. The average molecular weight is 308 g/mol. The van der Waals surface area contributed by atoms with E-state index in [1.165, 1.54) is 42.3 Å². The van der Waals surface area contributed by atoms with Crippen molar-refractivity contribution in [2.24, 2.45) is 11.3 Å². The molecule has 2 heteroatoms. The highest BCUT2D eigenvalue weighted by molar-refractivity contribution is 9.10. The smallest absolute Gasteiger partial charge is 0.0210 e. The number of rotatable bonds is 1. The van der Waals surface area contributed by atoms with Crippen molar-refractivity contribution in [3.63, 3.8) is 0 Å². The fraction of sp³-hybridized carbons (Fsp3) is 0.625. The molecule has 1 heterocycles. The summed E-state index contributed by atoms with van der Waals surface area (Å²) in [5.41, 5.74) is 2.06. The fourth-order valence-electron chi connectivity index (χ4n) is 4.28. The van der Waals surface area contributed by atoms with Gasteiger partial charge in [-0.2, -0.15) is 0 Å². The molecule has 0 bridgehead atoms. The summed E-state index contributed by atoms with van der Waals surface area (Å²) in [5.74, 6) is 1.55. The van der Waals surface area contributed by atoms with Gasteiger partial charge in [0, 0.05) is 16.9 Å². The summed E-state index contributed by atoms with van der Waals surface area (Å²) in [6.07, 6.45) is 5.60. The molecular formula is C16H22BrN. The second kappa shape index (κ2) is 4.97. The third-order valence-corrected chi connectivity index (χ3v) is 6.07. The van der Waals surface area contributed by atoms with Crippen molar-refractivity contribution in [2.45, 2.75) is 38.5 Å². The molecule has 0 radical (unpaired) electrons. The first-order valence-corrected chi connectivity index (χ1v) is 7.98. The van der Waals surface area contributed by atoms with Crippen LogP contribution in [0.15, 0.2) is 28.7 Å². The summed E-state index contributed by atoms with van der Waals surface area (Å²) in [4.78, 5) is 0. The number of hydrogen-bond acceptors (Lipinski definition) is 1. The summed E-state index contributed by atoms with van der Waals surface area (Å²) in [7, 11) is 0. The standard InChI is InChI=1S/C16H22BrN/c1-12-5-4-8-16(12)9-10-18-11-14(16)13-6-2-3-7-15(13)17/h2-3,6-7,12,14,18H,4-5,8-11H2,1H3. The van der Waals surface area contributed by atoms with Gasteiger partial charge in [0.2, 0.25) is 0 Å². The molecule has 3 rings (SSSR count). The van der Waals surface area contributed by atoms with Crippen molar-refractivity contribution >= 4 is 15.9 Å². The number of benzene rings is 1. The lowest BCUT2D eigenvalue weighted by molar-refractivity contribution is 0.115. The SMILES string of the molecule is CC1CCCC12CCNCC2c1ccccc1Br. The first-order valence-electron chi connectivity index (χ1n) is 7.19. The van der Waals surface area contributed by atoms with E-state index in [1.807, 2.05) is 0 Å². The first kappa shape index (κ1) is 12.7. The summed E-state index contributed by atoms with van der Waals surface area (Å²) < 4.78 is 1.29. The number of piperidine rings is 1. The summed E-state index contributed by atoms with van der Waals surface area (Å²) in [6, 6.07) is 8.81. The Bertz CT molecular complexity index is 431. The lowest BCUT2D eigenvalue weighted by atomic mass is 9.63. The Morgan fingerprint density at radius 3 is 2.83 bits per heavy atom. The lowest BCUT2D eigenvalue weighted by Gasteiger charge is -2.46. The van der Waals surface area contributed by atoms with Gasteiger partial charge in [-0.05, 0) is 42.3 Å². The van der Waals surface area contributed by atoms with Crippen LogP contribution in [0.25, 0.3) is 0 Å². The van der Waals surface area contributed by atoms with E-state index < -0.39 is 0 Å². The van der Waals surface area contributed by atoms with E-state index in [4.69, 9.17) is 0 Å². The second-order valence-electron chi connectivity index (χ2n) is 6.05. The second-order valence-corrected chi connectivity index (χ2v) is 6.91. The van der Waals surface area contributed by atoms with E-state index in [2.05, 4.69) is 52.4 Å². The van der Waals surface area contributed by atoms with Gasteiger partial charge in [-0.15, -0.1) is 0 Å². The summed E-state index contributed by atoms with van der Waals surface area (Å²) in [6.45, 7) is 4.82. The quantitative estimate of drug-likeness (QED) is 0.814. The van der Waals surface area contributed by atoms with Crippen LogP contribution in [0.2, 0.25) is 0 Å². The van der Waals surface area contributed by atoms with E-state index in [1.54, 1.807) is 0 Å². The first-order chi connectivity index (χ1) is 8.74. The van der Waals surface area contributed by atoms with Crippen LogP contribution in [0.5, 0.6) is 0 Å². The van der Waals surface area contributed by atoms with E-state index in [-0.39, 0.29) is 0 Å². The number of hydrogen-bond donors (Lipinski definition) is 1. The minimum absolute atomic E-state index is 0.551. The monoisotopic (exact) mass is 307 g/mol. The third kappa shape index (κ3) is 1.94. The van der Waals surface area contributed by atoms with Gasteiger partial charge in [-0.3, -0.25) is 0 Å². The van der Waals surface area contributed by atoms with Crippen LogP contribution in [0.3, 0.4) is 0 Å². The van der Waals surface area contributed by atoms with Gasteiger partial charge in [0.1, 0.15) is 0 Å². The molecular weight excluding hydrogens is 286 g/mol. The van der Waals surface area contributed by atoms with Crippen molar-refractivity contribution in [1.82, 2.24) is 5.32 Å². The van der Waals surface area contributed by atoms with Gasteiger partial charge in [-0.1, -0.05) is 53.9 Å². The molecule has 1 aliphatic carbocycles. The van der Waals surface area contributed by atoms with Crippen LogP contribution >= 0.6 is 15.9 Å². The van der Waals surface area contributed by atoms with Crippen LogP contribution < -0.4 is 5.32 Å². The molecule has 98 valence electrons. The molecule has 1 N–H and O–H groups in total. The molecule has 0 aromatic heterocycles. The van der Waals surface area contributed by atoms with Crippen molar-refractivity contribution in [3.8, 4) is 0 Å². The Kier molecular flexibility index (Phi) is 3.50. The molecule has 3 unspecified atom stereocenters. The van der Waals surface area contributed by atoms with Crippen molar-refractivity contribution in [1.29, 1.82) is 0 Å². The average Bonchev–Trinajstić information content (AvgIpc) is 2.73. The molecule has 1 aromatic carbocycles. The van der Waals surface area contributed by atoms with Crippen LogP contribution in [0.4, 0.5) is 0 Å². The Hall–Kier alpha value is -0.340. The van der Waals surface area contributed by atoms with Gasteiger partial charge >= 0.3 is 0 Å². The predicted molar refractivity (Wildman–Crippen MR) is 79.8 cm³/mol. The van der Waals surface area contributed by atoms with Gasteiger partial charge in [-0.25, -0.2) is 0 Å². The van der Waals surface area contributed by atoms with Gasteiger partial charge in [0.05, 0.1) is 0 Å². The molecule has 2 aliphatic rings. The Morgan fingerprint density at radius 2 is 2.11 bits per heavy atom. The van der Waals surface area contributed by atoms with Crippen LogP contribution in [-0.2, 0) is 0 Å². The van der Waals surface area contributed by atoms with E-state index in [0.717, 1.165) is 12.5 Å². The highest BCUT2D eigenvalue weighted by Crippen LogP contribution is 2.56. The highest BCUT2D eigenvalue weighted by atomic mass is 79.9. The van der Waals surface area contributed by atoms with Gasteiger partial charge < -0.3 is 5.32 Å². The zero-order chi connectivity index (χ0) is 12.6. The van der Waals surface area contributed by atoms with Crippen LogP contribution in [-0.4, -0.2) is 13.1 Å². The lowest BCUT2D eigenvalue weighted by Crippen LogP contribution is -2.45.